The fourth-order valence-electron chi connectivity index (χ4n) is 1.80. The van der Waals surface area contributed by atoms with Crippen LogP contribution in [-0.4, -0.2) is 12.2 Å². The van der Waals surface area contributed by atoms with Crippen LogP contribution in [0.5, 0.6) is 0 Å². The fourth-order valence-corrected chi connectivity index (χ4v) is 2.68. The maximum absolute atomic E-state index is 10.9. The van der Waals surface area contributed by atoms with Crippen LogP contribution in [0.4, 0.5) is 5.69 Å². The van der Waals surface area contributed by atoms with Crippen LogP contribution in [0.1, 0.15) is 22.8 Å². The molecule has 0 spiro atoms. The number of hydrogen-bond donors (Lipinski definition) is 1. The zero-order valence-electron chi connectivity index (χ0n) is 11.3. The van der Waals surface area contributed by atoms with E-state index in [4.69, 9.17) is 0 Å². The molecular weight excluding hydrogens is 270 g/mol. The van der Waals surface area contributed by atoms with Crippen molar-refractivity contribution in [2.75, 3.05) is 5.32 Å². The van der Waals surface area contributed by atoms with E-state index in [1.165, 1.54) is 6.92 Å². The number of benzene rings is 2. The zero-order chi connectivity index (χ0) is 14.5. The highest BCUT2D eigenvalue weighted by molar-refractivity contribution is 7.99. The summed E-state index contributed by atoms with van der Waals surface area (Å²) in [7, 11) is 0. The zero-order valence-corrected chi connectivity index (χ0v) is 12.2. The number of amides is 1. The first-order valence-electron chi connectivity index (χ1n) is 6.20. The minimum atomic E-state index is -0.0781. The van der Waals surface area contributed by atoms with Crippen molar-refractivity contribution in [3.05, 3.63) is 53.6 Å². The van der Waals surface area contributed by atoms with Gasteiger partial charge in [0.05, 0.1) is 0 Å². The Morgan fingerprint density at radius 3 is 2.40 bits per heavy atom. The maximum Gasteiger partial charge on any atom is 0.221 e. The highest BCUT2D eigenvalue weighted by atomic mass is 32.2. The molecule has 0 fully saturated rings. The smallest absolute Gasteiger partial charge is 0.221 e. The van der Waals surface area contributed by atoms with E-state index in [1.54, 1.807) is 11.8 Å². The molecule has 0 aromatic heterocycles. The van der Waals surface area contributed by atoms with Gasteiger partial charge in [0.1, 0.15) is 6.29 Å². The lowest BCUT2D eigenvalue weighted by Crippen LogP contribution is -2.05. The molecule has 3 nitrogen and oxygen atoms in total. The molecule has 0 radical (unpaired) electrons. The second-order valence-corrected chi connectivity index (χ2v) is 5.57. The Morgan fingerprint density at radius 1 is 1.15 bits per heavy atom. The molecule has 4 heteroatoms. The predicted molar refractivity (Wildman–Crippen MR) is 81.4 cm³/mol. The van der Waals surface area contributed by atoms with Crippen LogP contribution in [0.15, 0.2) is 52.3 Å². The van der Waals surface area contributed by atoms with E-state index in [9.17, 15) is 9.59 Å². The van der Waals surface area contributed by atoms with Crippen molar-refractivity contribution in [3.63, 3.8) is 0 Å². The molecule has 0 saturated heterocycles. The molecule has 0 aliphatic carbocycles. The molecule has 0 unspecified atom stereocenters. The maximum atomic E-state index is 10.9. The van der Waals surface area contributed by atoms with Crippen molar-refractivity contribution in [1.29, 1.82) is 0 Å². The molecule has 0 bridgehead atoms. The largest absolute Gasteiger partial charge is 0.326 e. The second kappa shape index (κ2) is 6.39. The van der Waals surface area contributed by atoms with Crippen molar-refractivity contribution in [3.8, 4) is 0 Å². The lowest BCUT2D eigenvalue weighted by molar-refractivity contribution is -0.114. The average molecular weight is 285 g/mol. The van der Waals surface area contributed by atoms with Gasteiger partial charge in [0, 0.05) is 28.0 Å². The van der Waals surface area contributed by atoms with Gasteiger partial charge in [-0.05, 0) is 48.9 Å². The van der Waals surface area contributed by atoms with E-state index in [1.807, 2.05) is 49.4 Å². The quantitative estimate of drug-likeness (QED) is 0.866. The van der Waals surface area contributed by atoms with Crippen molar-refractivity contribution < 1.29 is 9.59 Å². The van der Waals surface area contributed by atoms with E-state index < -0.39 is 0 Å². The molecule has 102 valence electrons. The number of hydrogen-bond acceptors (Lipinski definition) is 3. The Kier molecular flexibility index (Phi) is 4.58. The van der Waals surface area contributed by atoms with Crippen molar-refractivity contribution >= 4 is 29.6 Å². The number of aldehydes is 1. The van der Waals surface area contributed by atoms with Crippen molar-refractivity contribution in [2.45, 2.75) is 23.6 Å². The number of rotatable bonds is 4. The number of anilines is 1. The molecule has 0 atom stereocenters. The summed E-state index contributed by atoms with van der Waals surface area (Å²) in [5, 5.41) is 2.74. The summed E-state index contributed by atoms with van der Waals surface area (Å²) >= 11 is 1.63. The average Bonchev–Trinajstić information content (AvgIpc) is 2.42. The van der Waals surface area contributed by atoms with Gasteiger partial charge in [-0.1, -0.05) is 17.8 Å². The summed E-state index contributed by atoms with van der Waals surface area (Å²) in [6.45, 7) is 3.47. The van der Waals surface area contributed by atoms with Gasteiger partial charge >= 0.3 is 0 Å². The SMILES string of the molecule is CC(=O)Nc1ccc(Sc2ccc(C=O)cc2C)cc1. The summed E-state index contributed by atoms with van der Waals surface area (Å²) in [6.07, 6.45) is 0.851. The summed E-state index contributed by atoms with van der Waals surface area (Å²) < 4.78 is 0. The molecule has 2 aromatic carbocycles. The van der Waals surface area contributed by atoms with E-state index >= 15 is 0 Å². The van der Waals surface area contributed by atoms with Crippen LogP contribution in [0.2, 0.25) is 0 Å². The van der Waals surface area contributed by atoms with Crippen LogP contribution >= 0.6 is 11.8 Å². The lowest BCUT2D eigenvalue weighted by atomic mass is 10.2. The van der Waals surface area contributed by atoms with Gasteiger partial charge in [-0.3, -0.25) is 9.59 Å². The normalized spacial score (nSPS) is 10.1. The second-order valence-electron chi connectivity index (χ2n) is 4.45. The molecular formula is C16H15NO2S. The van der Waals surface area contributed by atoms with Crippen LogP contribution in [0, 0.1) is 6.92 Å². The molecule has 2 rings (SSSR count). The predicted octanol–water partition coefficient (Wildman–Crippen LogP) is 3.92. The van der Waals surface area contributed by atoms with Gasteiger partial charge in [0.25, 0.3) is 0 Å². The Hall–Kier alpha value is -2.07. The highest BCUT2D eigenvalue weighted by Crippen LogP contribution is 2.31. The minimum absolute atomic E-state index is 0.0781. The third-order valence-electron chi connectivity index (χ3n) is 2.74. The molecule has 2 aromatic rings. The van der Waals surface area contributed by atoms with E-state index in [-0.39, 0.29) is 5.91 Å². The first kappa shape index (κ1) is 14.3. The summed E-state index contributed by atoms with van der Waals surface area (Å²) in [6, 6.07) is 13.3. The first-order valence-corrected chi connectivity index (χ1v) is 7.01. The van der Waals surface area contributed by atoms with Crippen LogP contribution in [-0.2, 0) is 4.79 Å². The number of carbonyl (C=O) groups excluding carboxylic acids is 2. The van der Waals surface area contributed by atoms with E-state index in [2.05, 4.69) is 5.32 Å². The van der Waals surface area contributed by atoms with Crippen molar-refractivity contribution in [2.24, 2.45) is 0 Å². The molecule has 0 aliphatic heterocycles. The standard InChI is InChI=1S/C16H15NO2S/c1-11-9-13(10-18)3-8-16(11)20-15-6-4-14(5-7-15)17-12(2)19/h3-10H,1-2H3,(H,17,19). The fraction of sp³-hybridized carbons (Fsp3) is 0.125. The van der Waals surface area contributed by atoms with Gasteiger partial charge in [-0.25, -0.2) is 0 Å². The van der Waals surface area contributed by atoms with Crippen molar-refractivity contribution in [1.82, 2.24) is 0 Å². The Morgan fingerprint density at radius 2 is 1.85 bits per heavy atom. The van der Waals surface area contributed by atoms with E-state index in [0.29, 0.717) is 5.56 Å². The number of aryl methyl sites for hydroxylation is 1. The van der Waals surface area contributed by atoms with Crippen LogP contribution in [0.3, 0.4) is 0 Å². The highest BCUT2D eigenvalue weighted by Gasteiger charge is 2.03. The van der Waals surface area contributed by atoms with Gasteiger partial charge in [0.2, 0.25) is 5.91 Å². The summed E-state index contributed by atoms with van der Waals surface area (Å²) in [5.41, 5.74) is 2.55. The first-order chi connectivity index (χ1) is 9.58. The van der Waals surface area contributed by atoms with Gasteiger partial charge in [0.15, 0.2) is 0 Å². The van der Waals surface area contributed by atoms with Gasteiger partial charge in [-0.15, -0.1) is 0 Å². The Labute approximate surface area is 122 Å². The summed E-state index contributed by atoms with van der Waals surface area (Å²) in [4.78, 5) is 23.9. The monoisotopic (exact) mass is 285 g/mol. The summed E-state index contributed by atoms with van der Waals surface area (Å²) in [5.74, 6) is -0.0781. The van der Waals surface area contributed by atoms with Crippen LogP contribution in [0.25, 0.3) is 0 Å². The van der Waals surface area contributed by atoms with E-state index in [0.717, 1.165) is 27.3 Å². The molecule has 20 heavy (non-hydrogen) atoms. The Balaban J connectivity index is 2.13. The number of carbonyl (C=O) groups is 2. The lowest BCUT2D eigenvalue weighted by Gasteiger charge is -2.07. The Bertz CT molecular complexity index is 635. The molecule has 1 amide bonds. The molecule has 0 saturated carbocycles. The molecule has 0 aliphatic rings. The number of nitrogens with one attached hydrogen (secondary N) is 1. The third-order valence-corrected chi connectivity index (χ3v) is 3.92. The van der Waals surface area contributed by atoms with Crippen LogP contribution < -0.4 is 5.32 Å². The molecule has 1 N–H and O–H groups in total. The molecule has 0 heterocycles. The topological polar surface area (TPSA) is 46.2 Å². The minimum Gasteiger partial charge on any atom is -0.326 e. The van der Waals surface area contributed by atoms with Gasteiger partial charge < -0.3 is 5.32 Å². The third kappa shape index (κ3) is 3.71. The van der Waals surface area contributed by atoms with Gasteiger partial charge in [-0.2, -0.15) is 0 Å².